The summed E-state index contributed by atoms with van der Waals surface area (Å²) in [5.74, 6) is 0.831. The number of rotatable bonds is 10. The van der Waals surface area contributed by atoms with E-state index in [1.54, 1.807) is 30.2 Å². The van der Waals surface area contributed by atoms with Gasteiger partial charge < -0.3 is 24.1 Å². The maximum absolute atomic E-state index is 13.1. The molecular weight excluding hydrogens is 362 g/mol. The summed E-state index contributed by atoms with van der Waals surface area (Å²) in [6.07, 6.45) is 2.90. The van der Waals surface area contributed by atoms with E-state index in [-0.39, 0.29) is 24.1 Å². The zero-order chi connectivity index (χ0) is 20.5. The fourth-order valence-corrected chi connectivity index (χ4v) is 2.65. The van der Waals surface area contributed by atoms with E-state index in [1.165, 1.54) is 13.4 Å². The van der Waals surface area contributed by atoms with Crippen molar-refractivity contribution in [1.29, 1.82) is 0 Å². The molecule has 2 amide bonds. The minimum absolute atomic E-state index is 0.156. The highest BCUT2D eigenvalue weighted by molar-refractivity contribution is 5.97. The Balaban J connectivity index is 2.18. The number of oxazole rings is 1. The lowest BCUT2D eigenvalue weighted by atomic mass is 10.1. The molecule has 0 aliphatic carbocycles. The highest BCUT2D eigenvalue weighted by atomic mass is 16.5. The SMILES string of the molecule is CCCNC(=O)c1coc(CN(CCC)C(=O)c2ccc(OC)cc2OC)n1. The van der Waals surface area contributed by atoms with E-state index in [0.29, 0.717) is 36.0 Å². The third-order valence-electron chi connectivity index (χ3n) is 4.07. The number of methoxy groups -OCH3 is 2. The number of nitrogens with one attached hydrogen (secondary N) is 1. The number of hydrogen-bond acceptors (Lipinski definition) is 6. The lowest BCUT2D eigenvalue weighted by molar-refractivity contribution is 0.0725. The largest absolute Gasteiger partial charge is 0.497 e. The third-order valence-corrected chi connectivity index (χ3v) is 4.07. The predicted molar refractivity (Wildman–Crippen MR) is 104 cm³/mol. The van der Waals surface area contributed by atoms with Gasteiger partial charge in [0.25, 0.3) is 11.8 Å². The van der Waals surface area contributed by atoms with Gasteiger partial charge in [0.05, 0.1) is 26.3 Å². The number of nitrogens with zero attached hydrogens (tertiary/aromatic N) is 2. The van der Waals surface area contributed by atoms with Gasteiger partial charge in [0.15, 0.2) is 5.69 Å². The molecule has 152 valence electrons. The van der Waals surface area contributed by atoms with Crippen molar-refractivity contribution in [3.63, 3.8) is 0 Å². The Morgan fingerprint density at radius 2 is 1.96 bits per heavy atom. The van der Waals surface area contributed by atoms with Crippen LogP contribution in [0.1, 0.15) is 53.4 Å². The molecule has 1 heterocycles. The summed E-state index contributed by atoms with van der Waals surface area (Å²) in [6, 6.07) is 5.04. The minimum Gasteiger partial charge on any atom is -0.497 e. The van der Waals surface area contributed by atoms with E-state index in [2.05, 4.69) is 10.3 Å². The number of carbonyl (C=O) groups excluding carboxylic acids is 2. The van der Waals surface area contributed by atoms with Crippen molar-refractivity contribution in [2.75, 3.05) is 27.3 Å². The van der Waals surface area contributed by atoms with Gasteiger partial charge in [-0.3, -0.25) is 9.59 Å². The molecule has 0 atom stereocenters. The Hall–Kier alpha value is -3.03. The molecule has 0 spiro atoms. The van der Waals surface area contributed by atoms with Gasteiger partial charge in [-0.25, -0.2) is 4.98 Å². The molecule has 0 radical (unpaired) electrons. The van der Waals surface area contributed by atoms with Crippen LogP contribution in [0.3, 0.4) is 0 Å². The van der Waals surface area contributed by atoms with Crippen LogP contribution >= 0.6 is 0 Å². The first-order chi connectivity index (χ1) is 13.5. The molecule has 2 aromatic rings. The lowest BCUT2D eigenvalue weighted by Gasteiger charge is -2.21. The van der Waals surface area contributed by atoms with Crippen molar-refractivity contribution in [3.05, 3.63) is 41.6 Å². The zero-order valence-corrected chi connectivity index (χ0v) is 16.8. The van der Waals surface area contributed by atoms with Crippen LogP contribution in [0.2, 0.25) is 0 Å². The van der Waals surface area contributed by atoms with Crippen molar-refractivity contribution in [2.24, 2.45) is 0 Å². The van der Waals surface area contributed by atoms with Crippen LogP contribution in [0.15, 0.2) is 28.9 Å². The van der Waals surface area contributed by atoms with Crippen molar-refractivity contribution >= 4 is 11.8 Å². The van der Waals surface area contributed by atoms with Crippen molar-refractivity contribution in [1.82, 2.24) is 15.2 Å². The summed E-state index contributed by atoms with van der Waals surface area (Å²) in [4.78, 5) is 30.9. The topological polar surface area (TPSA) is 93.9 Å². The number of amides is 2. The van der Waals surface area contributed by atoms with E-state index in [0.717, 1.165) is 12.8 Å². The van der Waals surface area contributed by atoms with Gasteiger partial charge in [-0.05, 0) is 25.0 Å². The Kier molecular flexibility index (Phi) is 7.86. The number of hydrogen-bond donors (Lipinski definition) is 1. The molecule has 1 N–H and O–H groups in total. The summed E-state index contributed by atoms with van der Waals surface area (Å²) >= 11 is 0. The van der Waals surface area contributed by atoms with Gasteiger partial charge in [0, 0.05) is 19.2 Å². The summed E-state index contributed by atoms with van der Waals surface area (Å²) in [7, 11) is 3.06. The number of aromatic nitrogens is 1. The summed E-state index contributed by atoms with van der Waals surface area (Å²) < 4.78 is 15.9. The first-order valence-corrected chi connectivity index (χ1v) is 9.27. The summed E-state index contributed by atoms with van der Waals surface area (Å²) in [6.45, 7) is 5.18. The first-order valence-electron chi connectivity index (χ1n) is 9.27. The smallest absolute Gasteiger partial charge is 0.273 e. The summed E-state index contributed by atoms with van der Waals surface area (Å²) in [5, 5.41) is 2.74. The summed E-state index contributed by atoms with van der Waals surface area (Å²) in [5.41, 5.74) is 0.624. The highest BCUT2D eigenvalue weighted by Crippen LogP contribution is 2.26. The second-order valence-electron chi connectivity index (χ2n) is 6.18. The van der Waals surface area contributed by atoms with Crippen LogP contribution < -0.4 is 14.8 Å². The van der Waals surface area contributed by atoms with E-state index in [4.69, 9.17) is 13.9 Å². The average Bonchev–Trinajstić information content (AvgIpc) is 3.19. The zero-order valence-electron chi connectivity index (χ0n) is 16.8. The third kappa shape index (κ3) is 5.25. The normalized spacial score (nSPS) is 10.4. The van der Waals surface area contributed by atoms with E-state index in [9.17, 15) is 9.59 Å². The molecule has 0 saturated carbocycles. The van der Waals surface area contributed by atoms with Gasteiger partial charge in [0.2, 0.25) is 5.89 Å². The van der Waals surface area contributed by atoms with Gasteiger partial charge in [-0.15, -0.1) is 0 Å². The van der Waals surface area contributed by atoms with Crippen LogP contribution in [0.25, 0.3) is 0 Å². The molecule has 1 aromatic carbocycles. The second kappa shape index (κ2) is 10.3. The number of ether oxygens (including phenoxy) is 2. The first kappa shape index (κ1) is 21.3. The molecule has 0 unspecified atom stereocenters. The van der Waals surface area contributed by atoms with E-state index >= 15 is 0 Å². The minimum atomic E-state index is -0.290. The molecular formula is C20H27N3O5. The van der Waals surface area contributed by atoms with Gasteiger partial charge in [-0.1, -0.05) is 13.8 Å². The quantitative estimate of drug-likeness (QED) is 0.671. The predicted octanol–water partition coefficient (Wildman–Crippen LogP) is 2.88. The Bertz CT molecular complexity index is 803. The monoisotopic (exact) mass is 389 g/mol. The second-order valence-corrected chi connectivity index (χ2v) is 6.18. The van der Waals surface area contributed by atoms with Crippen LogP contribution in [-0.2, 0) is 6.54 Å². The van der Waals surface area contributed by atoms with Crippen molar-refractivity contribution in [2.45, 2.75) is 33.2 Å². The van der Waals surface area contributed by atoms with Crippen molar-refractivity contribution < 1.29 is 23.5 Å². The Morgan fingerprint density at radius 1 is 1.18 bits per heavy atom. The molecule has 0 aliphatic heterocycles. The molecule has 0 aliphatic rings. The number of benzene rings is 1. The van der Waals surface area contributed by atoms with Gasteiger partial charge in [0.1, 0.15) is 17.8 Å². The molecule has 0 saturated heterocycles. The Labute approximate surface area is 164 Å². The fourth-order valence-electron chi connectivity index (χ4n) is 2.65. The molecule has 28 heavy (non-hydrogen) atoms. The molecule has 8 heteroatoms. The van der Waals surface area contributed by atoms with Gasteiger partial charge >= 0.3 is 0 Å². The lowest BCUT2D eigenvalue weighted by Crippen LogP contribution is -2.32. The average molecular weight is 389 g/mol. The van der Waals surface area contributed by atoms with E-state index < -0.39 is 0 Å². The van der Waals surface area contributed by atoms with Crippen LogP contribution in [0.4, 0.5) is 0 Å². The number of carbonyl (C=O) groups is 2. The molecule has 0 fully saturated rings. The molecule has 0 bridgehead atoms. The Morgan fingerprint density at radius 3 is 2.61 bits per heavy atom. The van der Waals surface area contributed by atoms with Crippen LogP contribution in [-0.4, -0.2) is 49.0 Å². The van der Waals surface area contributed by atoms with Gasteiger partial charge in [-0.2, -0.15) is 0 Å². The molecule has 2 rings (SSSR count). The van der Waals surface area contributed by atoms with Crippen LogP contribution in [0.5, 0.6) is 11.5 Å². The molecule has 1 aromatic heterocycles. The maximum Gasteiger partial charge on any atom is 0.273 e. The highest BCUT2D eigenvalue weighted by Gasteiger charge is 2.22. The fraction of sp³-hybridized carbons (Fsp3) is 0.450. The van der Waals surface area contributed by atoms with E-state index in [1.807, 2.05) is 13.8 Å². The van der Waals surface area contributed by atoms with Crippen LogP contribution in [0, 0.1) is 0 Å². The maximum atomic E-state index is 13.1. The molecule has 8 nitrogen and oxygen atoms in total. The van der Waals surface area contributed by atoms with Crippen molar-refractivity contribution in [3.8, 4) is 11.5 Å². The standard InChI is InChI=1S/C20H27N3O5/c1-5-9-21-19(24)16-13-28-18(22-16)12-23(10-6-2)20(25)15-8-7-14(26-3)11-17(15)27-4/h7-8,11,13H,5-6,9-10,12H2,1-4H3,(H,21,24).